The van der Waals surface area contributed by atoms with Gasteiger partial charge in [0.2, 0.25) is 0 Å². The lowest BCUT2D eigenvalue weighted by atomic mass is 10.1. The molecule has 0 bridgehead atoms. The molecule has 0 saturated heterocycles. The van der Waals surface area contributed by atoms with Crippen molar-refractivity contribution in [2.75, 3.05) is 32.2 Å². The number of benzene rings is 1. The SMILES string of the molecule is COc1c(C)cc(N(C)CC2(CO)CC2)cc1C. The minimum absolute atomic E-state index is 0.149. The second-order valence-corrected chi connectivity index (χ2v) is 5.63. The highest BCUT2D eigenvalue weighted by atomic mass is 16.5. The molecule has 0 spiro atoms. The lowest BCUT2D eigenvalue weighted by Crippen LogP contribution is -2.28. The van der Waals surface area contributed by atoms with Gasteiger partial charge in [-0.1, -0.05) is 0 Å². The van der Waals surface area contributed by atoms with Crippen LogP contribution in [0.25, 0.3) is 0 Å². The minimum atomic E-state index is 0.149. The summed E-state index contributed by atoms with van der Waals surface area (Å²) in [6.07, 6.45) is 2.28. The molecule has 1 saturated carbocycles. The summed E-state index contributed by atoms with van der Waals surface area (Å²) < 4.78 is 5.39. The van der Waals surface area contributed by atoms with Gasteiger partial charge in [-0.05, 0) is 49.9 Å². The summed E-state index contributed by atoms with van der Waals surface area (Å²) in [5.41, 5.74) is 3.67. The van der Waals surface area contributed by atoms with E-state index in [9.17, 15) is 5.11 Å². The first-order valence-corrected chi connectivity index (χ1v) is 6.48. The number of nitrogens with zero attached hydrogens (tertiary/aromatic N) is 1. The number of ether oxygens (including phenoxy) is 1. The molecule has 0 heterocycles. The Balaban J connectivity index is 2.18. The first kappa shape index (κ1) is 13.2. The van der Waals surface area contributed by atoms with E-state index in [1.165, 1.54) is 5.69 Å². The molecular formula is C15H23NO2. The molecule has 0 aliphatic heterocycles. The average molecular weight is 249 g/mol. The van der Waals surface area contributed by atoms with E-state index in [-0.39, 0.29) is 5.41 Å². The van der Waals surface area contributed by atoms with E-state index >= 15 is 0 Å². The number of anilines is 1. The van der Waals surface area contributed by atoms with Crippen LogP contribution in [-0.4, -0.2) is 32.4 Å². The molecule has 0 aromatic heterocycles. The van der Waals surface area contributed by atoms with Gasteiger partial charge >= 0.3 is 0 Å². The molecule has 1 aromatic rings. The van der Waals surface area contributed by atoms with Crippen LogP contribution >= 0.6 is 0 Å². The van der Waals surface area contributed by atoms with Gasteiger partial charge in [0.05, 0.1) is 13.7 Å². The number of hydrogen-bond donors (Lipinski definition) is 1. The van der Waals surface area contributed by atoms with Gasteiger partial charge in [0.15, 0.2) is 0 Å². The third-order valence-corrected chi connectivity index (χ3v) is 3.96. The zero-order chi connectivity index (χ0) is 13.3. The highest BCUT2D eigenvalue weighted by Crippen LogP contribution is 2.46. The van der Waals surface area contributed by atoms with Gasteiger partial charge in [-0.3, -0.25) is 0 Å². The van der Waals surface area contributed by atoms with Gasteiger partial charge < -0.3 is 14.7 Å². The first-order valence-electron chi connectivity index (χ1n) is 6.48. The zero-order valence-corrected chi connectivity index (χ0v) is 11.8. The normalized spacial score (nSPS) is 16.5. The molecule has 0 atom stereocenters. The Labute approximate surface area is 109 Å². The molecule has 1 aromatic carbocycles. The smallest absolute Gasteiger partial charge is 0.124 e. The highest BCUT2D eigenvalue weighted by Gasteiger charge is 2.42. The number of hydrogen-bond acceptors (Lipinski definition) is 3. The fourth-order valence-corrected chi connectivity index (χ4v) is 2.61. The van der Waals surface area contributed by atoms with Crippen LogP contribution < -0.4 is 9.64 Å². The molecule has 100 valence electrons. The number of rotatable bonds is 5. The molecule has 18 heavy (non-hydrogen) atoms. The summed E-state index contributed by atoms with van der Waals surface area (Å²) in [6.45, 7) is 5.37. The van der Waals surface area contributed by atoms with Gasteiger partial charge in [-0.25, -0.2) is 0 Å². The summed E-state index contributed by atoms with van der Waals surface area (Å²) in [5, 5.41) is 9.40. The molecule has 1 N–H and O–H groups in total. The number of aliphatic hydroxyl groups is 1. The molecule has 1 aliphatic carbocycles. The summed E-state index contributed by atoms with van der Waals surface area (Å²) in [4.78, 5) is 2.24. The second kappa shape index (κ2) is 4.81. The third kappa shape index (κ3) is 2.46. The predicted molar refractivity (Wildman–Crippen MR) is 74.5 cm³/mol. The molecule has 1 fully saturated rings. The lowest BCUT2D eigenvalue weighted by Gasteiger charge is -2.25. The average Bonchev–Trinajstić information content (AvgIpc) is 3.09. The van der Waals surface area contributed by atoms with Crippen molar-refractivity contribution in [3.05, 3.63) is 23.3 Å². The Morgan fingerprint density at radius 3 is 2.22 bits per heavy atom. The zero-order valence-electron chi connectivity index (χ0n) is 11.8. The monoisotopic (exact) mass is 249 g/mol. The third-order valence-electron chi connectivity index (χ3n) is 3.96. The van der Waals surface area contributed by atoms with Crippen LogP contribution in [0.5, 0.6) is 5.75 Å². The Kier molecular flexibility index (Phi) is 3.53. The molecule has 0 radical (unpaired) electrons. The van der Waals surface area contributed by atoms with Gasteiger partial charge in [-0.2, -0.15) is 0 Å². The predicted octanol–water partition coefficient (Wildman–Crippen LogP) is 2.52. The number of aliphatic hydroxyl groups excluding tert-OH is 1. The molecule has 3 heteroatoms. The minimum Gasteiger partial charge on any atom is -0.496 e. The first-order chi connectivity index (χ1) is 8.51. The van der Waals surface area contributed by atoms with Crippen LogP contribution in [0.15, 0.2) is 12.1 Å². The fraction of sp³-hybridized carbons (Fsp3) is 0.600. The molecular weight excluding hydrogens is 226 g/mol. The van der Waals surface area contributed by atoms with Gasteiger partial charge in [-0.15, -0.1) is 0 Å². The van der Waals surface area contributed by atoms with E-state index < -0.39 is 0 Å². The molecule has 1 aliphatic rings. The maximum Gasteiger partial charge on any atom is 0.124 e. The standard InChI is InChI=1S/C15H23NO2/c1-11-7-13(8-12(2)14(11)18-4)16(3)9-15(10-17)5-6-15/h7-8,17H,5-6,9-10H2,1-4H3. The second-order valence-electron chi connectivity index (χ2n) is 5.63. The summed E-state index contributed by atoms with van der Waals surface area (Å²) in [5.74, 6) is 0.968. The molecule has 3 nitrogen and oxygen atoms in total. The topological polar surface area (TPSA) is 32.7 Å². The van der Waals surface area contributed by atoms with Crippen LogP contribution in [-0.2, 0) is 0 Å². The Morgan fingerprint density at radius 1 is 1.28 bits per heavy atom. The van der Waals surface area contributed by atoms with E-state index in [1.54, 1.807) is 7.11 Å². The largest absolute Gasteiger partial charge is 0.496 e. The lowest BCUT2D eigenvalue weighted by molar-refractivity contribution is 0.215. The quantitative estimate of drug-likeness (QED) is 0.870. The van der Waals surface area contributed by atoms with Crippen LogP contribution in [0.3, 0.4) is 0 Å². The number of aryl methyl sites for hydroxylation is 2. The van der Waals surface area contributed by atoms with Crippen LogP contribution in [0.1, 0.15) is 24.0 Å². The molecule has 0 unspecified atom stereocenters. The fourth-order valence-electron chi connectivity index (χ4n) is 2.61. The highest BCUT2D eigenvalue weighted by molar-refractivity contribution is 5.56. The van der Waals surface area contributed by atoms with Crippen molar-refractivity contribution in [2.45, 2.75) is 26.7 Å². The van der Waals surface area contributed by atoms with Crippen molar-refractivity contribution in [1.82, 2.24) is 0 Å². The van der Waals surface area contributed by atoms with Crippen LogP contribution in [0.2, 0.25) is 0 Å². The maximum absolute atomic E-state index is 9.40. The molecule has 2 rings (SSSR count). The van der Waals surface area contributed by atoms with E-state index in [2.05, 4.69) is 37.9 Å². The van der Waals surface area contributed by atoms with Gasteiger partial charge in [0, 0.05) is 24.7 Å². The van der Waals surface area contributed by atoms with Crippen LogP contribution in [0, 0.1) is 19.3 Å². The summed E-state index contributed by atoms with van der Waals surface area (Å²) in [7, 11) is 3.81. The van der Waals surface area contributed by atoms with E-state index in [1.807, 2.05) is 0 Å². The Morgan fingerprint density at radius 2 is 1.83 bits per heavy atom. The van der Waals surface area contributed by atoms with Gasteiger partial charge in [0.1, 0.15) is 5.75 Å². The molecule has 0 amide bonds. The van der Waals surface area contributed by atoms with Crippen molar-refractivity contribution in [1.29, 1.82) is 0 Å². The van der Waals surface area contributed by atoms with Crippen molar-refractivity contribution >= 4 is 5.69 Å². The van der Waals surface area contributed by atoms with Crippen molar-refractivity contribution in [3.63, 3.8) is 0 Å². The van der Waals surface area contributed by atoms with E-state index in [4.69, 9.17) is 4.74 Å². The van der Waals surface area contributed by atoms with Gasteiger partial charge in [0.25, 0.3) is 0 Å². The maximum atomic E-state index is 9.40. The van der Waals surface area contributed by atoms with Crippen molar-refractivity contribution in [3.8, 4) is 5.75 Å². The van der Waals surface area contributed by atoms with E-state index in [0.29, 0.717) is 6.61 Å². The summed E-state index contributed by atoms with van der Waals surface area (Å²) >= 11 is 0. The van der Waals surface area contributed by atoms with E-state index in [0.717, 1.165) is 36.3 Å². The van der Waals surface area contributed by atoms with Crippen molar-refractivity contribution in [2.24, 2.45) is 5.41 Å². The Bertz CT molecular complexity index is 415. The van der Waals surface area contributed by atoms with Crippen molar-refractivity contribution < 1.29 is 9.84 Å². The summed E-state index contributed by atoms with van der Waals surface area (Å²) in [6, 6.07) is 4.30. The Hall–Kier alpha value is -1.22. The van der Waals surface area contributed by atoms with Crippen LogP contribution in [0.4, 0.5) is 5.69 Å². The number of methoxy groups -OCH3 is 1.